The van der Waals surface area contributed by atoms with Crippen LogP contribution < -0.4 is 5.32 Å². The minimum Gasteiger partial charge on any atom is -0.314 e. The lowest BCUT2D eigenvalue weighted by atomic mass is 10.1. The minimum absolute atomic E-state index is 0.112. The van der Waals surface area contributed by atoms with Gasteiger partial charge in [0.25, 0.3) is 0 Å². The lowest BCUT2D eigenvalue weighted by Gasteiger charge is -2.32. The molecule has 4 heteroatoms. The average molecular weight is 209 g/mol. The van der Waals surface area contributed by atoms with Crippen LogP contribution in [0.2, 0.25) is 0 Å². The average Bonchev–Trinajstić information content (AvgIpc) is 2.30. The Morgan fingerprint density at radius 1 is 1.47 bits per heavy atom. The van der Waals surface area contributed by atoms with E-state index in [4.69, 9.17) is 0 Å². The van der Waals surface area contributed by atoms with Gasteiger partial charge in [0.05, 0.1) is 0 Å². The van der Waals surface area contributed by atoms with Crippen LogP contribution in [-0.2, 0) is 0 Å². The van der Waals surface area contributed by atoms with Crippen LogP contribution in [0.15, 0.2) is 18.3 Å². The van der Waals surface area contributed by atoms with Gasteiger partial charge in [-0.05, 0) is 13.0 Å². The van der Waals surface area contributed by atoms with E-state index in [9.17, 15) is 4.39 Å². The fourth-order valence-electron chi connectivity index (χ4n) is 1.98. The smallest absolute Gasteiger partial charge is 0.217 e. The summed E-state index contributed by atoms with van der Waals surface area (Å²) >= 11 is 0. The number of piperazine rings is 1. The standard InChI is InChI=1S/C11H16FN3/c1-9(15-7-5-13-6-8-15)10-3-2-4-14-11(10)12/h2-4,9,13H,5-8H2,1H3/t9-/m0/s1. The van der Waals surface area contributed by atoms with Crippen molar-refractivity contribution >= 4 is 0 Å². The van der Waals surface area contributed by atoms with Crippen molar-refractivity contribution in [1.29, 1.82) is 0 Å². The molecule has 0 amide bonds. The summed E-state index contributed by atoms with van der Waals surface area (Å²) < 4.78 is 13.4. The normalized spacial score (nSPS) is 20.1. The van der Waals surface area contributed by atoms with Crippen molar-refractivity contribution in [2.75, 3.05) is 26.2 Å². The molecule has 0 aliphatic carbocycles. The Morgan fingerprint density at radius 3 is 2.87 bits per heavy atom. The predicted molar refractivity (Wildman–Crippen MR) is 57.1 cm³/mol. The van der Waals surface area contributed by atoms with Crippen LogP contribution >= 0.6 is 0 Å². The van der Waals surface area contributed by atoms with Crippen molar-refractivity contribution < 1.29 is 4.39 Å². The number of nitrogens with zero attached hydrogens (tertiary/aromatic N) is 2. The number of hydrogen-bond donors (Lipinski definition) is 1. The van der Waals surface area contributed by atoms with Crippen LogP contribution in [0.4, 0.5) is 4.39 Å². The van der Waals surface area contributed by atoms with Crippen LogP contribution in [0.1, 0.15) is 18.5 Å². The van der Waals surface area contributed by atoms with E-state index in [0.29, 0.717) is 5.56 Å². The predicted octanol–water partition coefficient (Wildman–Crippen LogP) is 1.19. The quantitative estimate of drug-likeness (QED) is 0.741. The Labute approximate surface area is 89.3 Å². The van der Waals surface area contributed by atoms with E-state index in [0.717, 1.165) is 26.2 Å². The van der Waals surface area contributed by atoms with Crippen LogP contribution in [0, 0.1) is 5.95 Å². The zero-order valence-corrected chi connectivity index (χ0v) is 8.91. The first kappa shape index (κ1) is 10.5. The maximum atomic E-state index is 13.4. The summed E-state index contributed by atoms with van der Waals surface area (Å²) in [6, 6.07) is 3.72. The minimum atomic E-state index is -0.344. The van der Waals surface area contributed by atoms with Gasteiger partial charge in [-0.1, -0.05) is 6.07 Å². The molecule has 2 heterocycles. The number of nitrogens with one attached hydrogen (secondary N) is 1. The lowest BCUT2D eigenvalue weighted by molar-refractivity contribution is 0.181. The zero-order valence-electron chi connectivity index (χ0n) is 8.91. The number of pyridine rings is 1. The molecule has 1 atom stereocenters. The Balaban J connectivity index is 2.12. The summed E-state index contributed by atoms with van der Waals surface area (Å²) in [6.07, 6.45) is 1.49. The molecule has 0 aromatic carbocycles. The summed E-state index contributed by atoms with van der Waals surface area (Å²) in [6.45, 7) is 5.93. The highest BCUT2D eigenvalue weighted by atomic mass is 19.1. The van der Waals surface area contributed by atoms with Gasteiger partial charge in [0.15, 0.2) is 0 Å². The summed E-state index contributed by atoms with van der Waals surface area (Å²) in [7, 11) is 0. The number of hydrogen-bond acceptors (Lipinski definition) is 3. The van der Waals surface area contributed by atoms with Crippen molar-refractivity contribution in [3.63, 3.8) is 0 Å². The summed E-state index contributed by atoms with van der Waals surface area (Å²) in [5.41, 5.74) is 0.694. The Hall–Kier alpha value is -1.00. The van der Waals surface area contributed by atoms with Gasteiger partial charge in [-0.2, -0.15) is 4.39 Å². The van der Waals surface area contributed by atoms with Gasteiger partial charge in [0.2, 0.25) is 5.95 Å². The maximum Gasteiger partial charge on any atom is 0.217 e. The van der Waals surface area contributed by atoms with Crippen molar-refractivity contribution in [1.82, 2.24) is 15.2 Å². The highest BCUT2D eigenvalue weighted by molar-refractivity contribution is 5.15. The Morgan fingerprint density at radius 2 is 2.20 bits per heavy atom. The third-order valence-corrected chi connectivity index (χ3v) is 2.94. The molecule has 1 aliphatic rings. The van der Waals surface area contributed by atoms with Crippen LogP contribution in [0.3, 0.4) is 0 Å². The molecule has 0 bridgehead atoms. The topological polar surface area (TPSA) is 28.2 Å². The van der Waals surface area contributed by atoms with Gasteiger partial charge in [-0.3, -0.25) is 4.90 Å². The van der Waals surface area contributed by atoms with Crippen molar-refractivity contribution in [2.24, 2.45) is 0 Å². The molecule has 1 N–H and O–H groups in total. The number of aromatic nitrogens is 1. The molecule has 1 aromatic heterocycles. The van der Waals surface area contributed by atoms with Gasteiger partial charge in [0.1, 0.15) is 0 Å². The monoisotopic (exact) mass is 209 g/mol. The molecular formula is C11H16FN3. The van der Waals surface area contributed by atoms with E-state index in [-0.39, 0.29) is 12.0 Å². The highest BCUT2D eigenvalue weighted by Crippen LogP contribution is 2.21. The van der Waals surface area contributed by atoms with Crippen LogP contribution in [-0.4, -0.2) is 36.1 Å². The molecule has 0 unspecified atom stereocenters. The second-order valence-electron chi connectivity index (χ2n) is 3.85. The first-order valence-electron chi connectivity index (χ1n) is 5.34. The molecule has 1 fully saturated rings. The van der Waals surface area contributed by atoms with Crippen molar-refractivity contribution in [2.45, 2.75) is 13.0 Å². The van der Waals surface area contributed by atoms with E-state index < -0.39 is 0 Å². The van der Waals surface area contributed by atoms with Gasteiger partial charge in [-0.15, -0.1) is 0 Å². The number of halogens is 1. The van der Waals surface area contributed by atoms with E-state index in [1.54, 1.807) is 6.07 Å². The summed E-state index contributed by atoms with van der Waals surface area (Å²) in [5.74, 6) is -0.344. The van der Waals surface area contributed by atoms with E-state index in [2.05, 4.69) is 15.2 Å². The second kappa shape index (κ2) is 4.68. The van der Waals surface area contributed by atoms with E-state index in [1.807, 2.05) is 13.0 Å². The molecule has 2 rings (SSSR count). The van der Waals surface area contributed by atoms with Gasteiger partial charge in [-0.25, -0.2) is 4.98 Å². The Bertz CT molecular complexity index is 323. The third-order valence-electron chi connectivity index (χ3n) is 2.94. The molecule has 0 saturated carbocycles. The molecule has 3 nitrogen and oxygen atoms in total. The van der Waals surface area contributed by atoms with Gasteiger partial charge in [0, 0.05) is 44.0 Å². The van der Waals surface area contributed by atoms with E-state index >= 15 is 0 Å². The SMILES string of the molecule is C[C@@H](c1cccnc1F)N1CCNCC1. The van der Waals surface area contributed by atoms with Crippen LogP contribution in [0.5, 0.6) is 0 Å². The molecule has 1 aliphatic heterocycles. The molecule has 0 spiro atoms. The molecule has 0 radical (unpaired) electrons. The Kier molecular flexibility index (Phi) is 3.28. The van der Waals surface area contributed by atoms with E-state index in [1.165, 1.54) is 6.20 Å². The van der Waals surface area contributed by atoms with Gasteiger partial charge >= 0.3 is 0 Å². The lowest BCUT2D eigenvalue weighted by Crippen LogP contribution is -2.44. The maximum absolute atomic E-state index is 13.4. The molecule has 15 heavy (non-hydrogen) atoms. The second-order valence-corrected chi connectivity index (χ2v) is 3.85. The first-order valence-corrected chi connectivity index (χ1v) is 5.34. The summed E-state index contributed by atoms with van der Waals surface area (Å²) in [4.78, 5) is 5.96. The molecule has 82 valence electrons. The first-order chi connectivity index (χ1) is 7.29. The summed E-state index contributed by atoms with van der Waals surface area (Å²) in [5, 5.41) is 3.28. The highest BCUT2D eigenvalue weighted by Gasteiger charge is 2.20. The fraction of sp³-hybridized carbons (Fsp3) is 0.545. The molecular weight excluding hydrogens is 193 g/mol. The zero-order chi connectivity index (χ0) is 10.7. The molecule has 1 saturated heterocycles. The van der Waals surface area contributed by atoms with Gasteiger partial charge < -0.3 is 5.32 Å². The molecule has 1 aromatic rings. The number of rotatable bonds is 2. The third kappa shape index (κ3) is 2.33. The van der Waals surface area contributed by atoms with Crippen molar-refractivity contribution in [3.8, 4) is 0 Å². The largest absolute Gasteiger partial charge is 0.314 e. The van der Waals surface area contributed by atoms with Crippen molar-refractivity contribution in [3.05, 3.63) is 29.8 Å². The fourth-order valence-corrected chi connectivity index (χ4v) is 1.98. The van der Waals surface area contributed by atoms with Crippen LogP contribution in [0.25, 0.3) is 0 Å².